The van der Waals surface area contributed by atoms with Crippen LogP contribution in [0.5, 0.6) is 5.75 Å². The first-order valence-electron chi connectivity index (χ1n) is 11.0. The Labute approximate surface area is 227 Å². The summed E-state index contributed by atoms with van der Waals surface area (Å²) in [5.41, 5.74) is 1.07. The zero-order valence-electron chi connectivity index (χ0n) is 19.6. The Morgan fingerprint density at radius 3 is 2.53 bits per heavy atom. The molecule has 9 nitrogen and oxygen atoms in total. The number of hydrogen-bond acceptors (Lipinski definition) is 9. The third-order valence-corrected chi connectivity index (χ3v) is 7.66. The smallest absolute Gasteiger partial charge is 0.279 e. The maximum Gasteiger partial charge on any atom is 0.279 e. The van der Waals surface area contributed by atoms with Crippen LogP contribution >= 0.6 is 46.7 Å². The average Bonchev–Trinajstić information content (AvgIpc) is 3.30. The van der Waals surface area contributed by atoms with Crippen molar-refractivity contribution in [3.05, 3.63) is 58.1 Å². The quantitative estimate of drug-likeness (QED) is 0.279. The van der Waals surface area contributed by atoms with Gasteiger partial charge in [0, 0.05) is 12.9 Å². The van der Waals surface area contributed by atoms with E-state index in [0.29, 0.717) is 38.7 Å². The summed E-state index contributed by atoms with van der Waals surface area (Å²) >= 11 is 14.8. The van der Waals surface area contributed by atoms with Crippen LogP contribution in [0.1, 0.15) is 18.9 Å². The van der Waals surface area contributed by atoms with Gasteiger partial charge in [0.2, 0.25) is 5.16 Å². The number of aromatic nitrogens is 4. The number of methoxy groups -OCH3 is 1. The lowest BCUT2D eigenvalue weighted by molar-refractivity contribution is -0.121. The first-order chi connectivity index (χ1) is 17.4. The van der Waals surface area contributed by atoms with Crippen LogP contribution in [0, 0.1) is 0 Å². The number of benzene rings is 2. The Kier molecular flexibility index (Phi) is 11.3. The van der Waals surface area contributed by atoms with Crippen LogP contribution in [0.15, 0.2) is 52.5 Å². The van der Waals surface area contributed by atoms with Crippen LogP contribution in [0.2, 0.25) is 10.0 Å². The monoisotopic (exact) mass is 569 g/mol. The molecule has 1 atom stereocenters. The van der Waals surface area contributed by atoms with Crippen molar-refractivity contribution >= 4 is 57.7 Å². The van der Waals surface area contributed by atoms with Crippen LogP contribution in [-0.2, 0) is 22.5 Å². The van der Waals surface area contributed by atoms with E-state index in [1.165, 1.54) is 16.4 Å². The fraction of sp³-hybridized carbons (Fsp3) is 0.348. The van der Waals surface area contributed by atoms with Gasteiger partial charge < -0.3 is 14.8 Å². The van der Waals surface area contributed by atoms with Gasteiger partial charge in [-0.3, -0.25) is 9.59 Å². The van der Waals surface area contributed by atoms with Crippen molar-refractivity contribution in [2.75, 3.05) is 19.7 Å². The van der Waals surface area contributed by atoms with Crippen LogP contribution in [-0.4, -0.2) is 56.9 Å². The van der Waals surface area contributed by atoms with Crippen molar-refractivity contribution in [3.63, 3.8) is 0 Å². The molecule has 0 aliphatic rings. The number of tetrazole rings is 1. The van der Waals surface area contributed by atoms with E-state index in [2.05, 4.69) is 20.8 Å². The van der Waals surface area contributed by atoms with Crippen molar-refractivity contribution in [2.45, 2.75) is 42.4 Å². The number of ether oxygens (including phenoxy) is 2. The van der Waals surface area contributed by atoms with Gasteiger partial charge in [-0.2, -0.15) is 0 Å². The molecule has 0 bridgehead atoms. The Bertz CT molecular complexity index is 1140. The molecule has 36 heavy (non-hydrogen) atoms. The molecule has 0 saturated carbocycles. The summed E-state index contributed by atoms with van der Waals surface area (Å²) in [4.78, 5) is 25.9. The summed E-state index contributed by atoms with van der Waals surface area (Å²) in [6.45, 7) is 1.92. The van der Waals surface area contributed by atoms with E-state index >= 15 is 0 Å². The zero-order chi connectivity index (χ0) is 25.9. The first-order valence-corrected chi connectivity index (χ1v) is 13.5. The van der Waals surface area contributed by atoms with Crippen LogP contribution in [0.3, 0.4) is 0 Å². The van der Waals surface area contributed by atoms with Gasteiger partial charge in [0.1, 0.15) is 12.3 Å². The molecular formula is C23H25Cl2N5O4S2. The molecule has 1 amide bonds. The van der Waals surface area contributed by atoms with E-state index < -0.39 is 6.04 Å². The van der Waals surface area contributed by atoms with Gasteiger partial charge in [0.15, 0.2) is 12.6 Å². The Hall–Kier alpha value is -2.31. The minimum absolute atomic E-state index is 0.0989. The normalized spacial score (nSPS) is 11.8. The Balaban J connectivity index is 1.49. The molecule has 3 rings (SSSR count). The molecule has 192 valence electrons. The number of hydrogen-bond donors (Lipinski definition) is 1. The van der Waals surface area contributed by atoms with E-state index in [9.17, 15) is 9.59 Å². The maximum atomic E-state index is 12.9. The summed E-state index contributed by atoms with van der Waals surface area (Å²) in [6, 6.07) is 12.1. The number of amides is 1. The number of rotatable bonds is 13. The van der Waals surface area contributed by atoms with Gasteiger partial charge >= 0.3 is 0 Å². The van der Waals surface area contributed by atoms with E-state index in [1.54, 1.807) is 25.3 Å². The Morgan fingerprint density at radius 1 is 1.14 bits per heavy atom. The molecule has 0 aliphatic heterocycles. The first kappa shape index (κ1) is 28.3. The summed E-state index contributed by atoms with van der Waals surface area (Å²) in [7, 11) is 1.56. The van der Waals surface area contributed by atoms with Gasteiger partial charge in [-0.15, -0.1) is 5.10 Å². The highest BCUT2D eigenvalue weighted by molar-refractivity contribution is 8.13. The van der Waals surface area contributed by atoms with Crippen LogP contribution in [0.25, 0.3) is 0 Å². The predicted molar refractivity (Wildman–Crippen MR) is 141 cm³/mol. The lowest BCUT2D eigenvalue weighted by Gasteiger charge is -2.16. The number of nitrogens with zero attached hydrogens (tertiary/aromatic N) is 4. The second-order valence-corrected chi connectivity index (χ2v) is 10.3. The topological polar surface area (TPSA) is 108 Å². The van der Waals surface area contributed by atoms with Crippen molar-refractivity contribution in [1.29, 1.82) is 0 Å². The number of carbonyl (C=O) groups excluding carboxylic acids is 2. The molecule has 1 heterocycles. The summed E-state index contributed by atoms with van der Waals surface area (Å²) in [5, 5.41) is 15.4. The van der Waals surface area contributed by atoms with Crippen LogP contribution < -0.4 is 10.1 Å². The highest BCUT2D eigenvalue weighted by atomic mass is 35.5. The molecular weight excluding hydrogens is 545 g/mol. The van der Waals surface area contributed by atoms with Crippen molar-refractivity contribution in [1.82, 2.24) is 25.5 Å². The second-order valence-electron chi connectivity index (χ2n) is 7.42. The lowest BCUT2D eigenvalue weighted by atomic mass is 10.1. The molecule has 0 spiro atoms. The average molecular weight is 571 g/mol. The Morgan fingerprint density at radius 2 is 1.86 bits per heavy atom. The minimum Gasteiger partial charge on any atom is -0.468 e. The molecule has 0 aliphatic carbocycles. The van der Waals surface area contributed by atoms with E-state index in [1.807, 2.05) is 31.2 Å². The van der Waals surface area contributed by atoms with Crippen molar-refractivity contribution < 1.29 is 19.1 Å². The molecule has 1 aromatic heterocycles. The largest absolute Gasteiger partial charge is 0.468 e. The fourth-order valence-electron chi connectivity index (χ4n) is 3.03. The zero-order valence-corrected chi connectivity index (χ0v) is 22.8. The number of nitrogens with one attached hydrogen (secondary N) is 1. The molecule has 0 radical (unpaired) electrons. The third-order valence-electron chi connectivity index (χ3n) is 4.90. The second kappa shape index (κ2) is 14.4. The number of carbonyl (C=O) groups is 2. The molecule has 0 saturated heterocycles. The number of Topliss-reactive ketones (excluding diaryl/α,β-unsaturated/α-hetero) is 1. The molecule has 13 heteroatoms. The highest BCUT2D eigenvalue weighted by Crippen LogP contribution is 2.37. The van der Waals surface area contributed by atoms with Gasteiger partial charge in [-0.1, -0.05) is 60.1 Å². The summed E-state index contributed by atoms with van der Waals surface area (Å²) in [6.07, 6.45) is 1.14. The lowest BCUT2D eigenvalue weighted by Crippen LogP contribution is -2.40. The molecule has 3 aromatic rings. The standard InChI is InChI=1S/C23H25Cl2N5O4S2/c1-3-19(26-23(32)35-12-11-15-7-9-16(10-8-15)34-14-33-2)20(31)13-30-22(27-28-29-30)36-21-17(24)5-4-6-18(21)25/h4-10,19H,3,11-14H2,1-2H3,(H,26,32). The summed E-state index contributed by atoms with van der Waals surface area (Å²) in [5.74, 6) is 1.08. The molecule has 0 fully saturated rings. The number of ketones is 1. The van der Waals surface area contributed by atoms with E-state index in [0.717, 1.165) is 23.1 Å². The maximum absolute atomic E-state index is 12.9. The molecule has 1 N–H and O–H groups in total. The van der Waals surface area contributed by atoms with E-state index in [4.69, 9.17) is 32.7 Å². The SMILES string of the molecule is CCC(NC(=O)SCCc1ccc(OCOC)cc1)C(=O)Cn1nnnc1Sc1c(Cl)cccc1Cl. The molecule has 1 unspecified atom stereocenters. The third kappa shape index (κ3) is 8.38. The van der Waals surface area contributed by atoms with Gasteiger partial charge in [-0.25, -0.2) is 4.68 Å². The van der Waals surface area contributed by atoms with Gasteiger partial charge in [-0.05, 0) is 64.9 Å². The minimum atomic E-state index is -0.659. The van der Waals surface area contributed by atoms with Gasteiger partial charge in [0.25, 0.3) is 5.24 Å². The number of thioether (sulfide) groups is 1. The number of aryl methyl sites for hydroxylation is 1. The summed E-state index contributed by atoms with van der Waals surface area (Å²) < 4.78 is 11.6. The van der Waals surface area contributed by atoms with E-state index in [-0.39, 0.29) is 24.4 Å². The van der Waals surface area contributed by atoms with Crippen molar-refractivity contribution in [3.8, 4) is 5.75 Å². The highest BCUT2D eigenvalue weighted by Gasteiger charge is 2.22. The van der Waals surface area contributed by atoms with Gasteiger partial charge in [0.05, 0.1) is 21.0 Å². The van der Waals surface area contributed by atoms with Crippen molar-refractivity contribution in [2.24, 2.45) is 0 Å². The number of halogens is 2. The molecule has 2 aromatic carbocycles. The predicted octanol–water partition coefficient (Wildman–Crippen LogP) is 5.15. The fourth-order valence-corrected chi connectivity index (χ4v) is 5.21. The van der Waals surface area contributed by atoms with Crippen LogP contribution in [0.4, 0.5) is 4.79 Å².